The van der Waals surface area contributed by atoms with E-state index in [1.54, 1.807) is 0 Å². The van der Waals surface area contributed by atoms with Crippen LogP contribution in [0.3, 0.4) is 0 Å². The number of fused-ring (bicyclic) bond motifs is 3. The van der Waals surface area contributed by atoms with E-state index in [1.165, 1.54) is 17.9 Å². The maximum absolute atomic E-state index is 2.41. The molecule has 3 rings (SSSR count). The molecule has 56 valence electrons. The lowest BCUT2D eigenvalue weighted by Gasteiger charge is -2.12. The molecular formula is C9H10N2. The standard InChI is InChI=1S/C9H10N2/c1-10-7-4-2-3-5-8(7)11-6-9(10)11/h2-5,9H,6H2,1H3/t9-,11?/m1/s1. The monoisotopic (exact) mass is 146 g/mol. The van der Waals surface area contributed by atoms with E-state index in [-0.39, 0.29) is 0 Å². The second-order valence-corrected chi connectivity index (χ2v) is 3.23. The van der Waals surface area contributed by atoms with Crippen molar-refractivity contribution in [1.29, 1.82) is 0 Å². The molecule has 0 aromatic heterocycles. The van der Waals surface area contributed by atoms with Crippen molar-refractivity contribution >= 4 is 11.4 Å². The average Bonchev–Trinajstić information content (AvgIpc) is 2.78. The molecule has 0 unspecified atom stereocenters. The van der Waals surface area contributed by atoms with E-state index in [9.17, 15) is 0 Å². The van der Waals surface area contributed by atoms with Gasteiger partial charge in [0.05, 0.1) is 17.9 Å². The normalized spacial score (nSPS) is 25.0. The van der Waals surface area contributed by atoms with Crippen LogP contribution in [0.1, 0.15) is 0 Å². The van der Waals surface area contributed by atoms with Crippen molar-refractivity contribution < 1.29 is 0 Å². The van der Waals surface area contributed by atoms with Crippen molar-refractivity contribution in [2.24, 2.45) is 0 Å². The topological polar surface area (TPSA) is 6.25 Å². The highest BCUT2D eigenvalue weighted by Gasteiger charge is 2.45. The van der Waals surface area contributed by atoms with Gasteiger partial charge >= 0.3 is 0 Å². The Kier molecular flexibility index (Phi) is 0.757. The maximum Gasteiger partial charge on any atom is 0.120 e. The van der Waals surface area contributed by atoms with E-state index < -0.39 is 0 Å². The Labute approximate surface area is 66.0 Å². The van der Waals surface area contributed by atoms with Gasteiger partial charge in [-0.15, -0.1) is 0 Å². The highest BCUT2D eigenvalue weighted by atomic mass is 15.5. The Hall–Kier alpha value is -1.18. The molecule has 1 atom stereocenters. The third-order valence-electron chi connectivity index (χ3n) is 2.60. The van der Waals surface area contributed by atoms with E-state index in [4.69, 9.17) is 0 Å². The minimum Gasteiger partial charge on any atom is -0.351 e. The summed E-state index contributed by atoms with van der Waals surface area (Å²) in [6.45, 7) is 1.22. The zero-order chi connectivity index (χ0) is 7.42. The van der Waals surface area contributed by atoms with E-state index in [0.29, 0.717) is 6.17 Å². The number of hydrogen-bond donors (Lipinski definition) is 0. The Bertz CT molecular complexity index is 293. The van der Waals surface area contributed by atoms with Gasteiger partial charge in [0.25, 0.3) is 0 Å². The first-order chi connectivity index (χ1) is 5.38. The Morgan fingerprint density at radius 2 is 2.00 bits per heavy atom. The lowest BCUT2D eigenvalue weighted by molar-refractivity contribution is 0.961. The summed E-state index contributed by atoms with van der Waals surface area (Å²) < 4.78 is 0. The highest BCUT2D eigenvalue weighted by Crippen LogP contribution is 2.45. The molecule has 0 N–H and O–H groups in total. The number of anilines is 2. The molecule has 0 spiro atoms. The van der Waals surface area contributed by atoms with Gasteiger partial charge in [0, 0.05) is 7.05 Å². The second-order valence-electron chi connectivity index (χ2n) is 3.23. The van der Waals surface area contributed by atoms with Crippen LogP contribution in [0.4, 0.5) is 11.4 Å². The molecule has 0 amide bonds. The van der Waals surface area contributed by atoms with E-state index in [2.05, 4.69) is 41.1 Å². The van der Waals surface area contributed by atoms with Crippen LogP contribution in [0.25, 0.3) is 0 Å². The Morgan fingerprint density at radius 1 is 1.27 bits per heavy atom. The summed E-state index contributed by atoms with van der Waals surface area (Å²) in [5, 5.41) is 0. The summed E-state index contributed by atoms with van der Waals surface area (Å²) in [4.78, 5) is 4.75. The van der Waals surface area contributed by atoms with Gasteiger partial charge in [-0.3, -0.25) is 0 Å². The zero-order valence-electron chi connectivity index (χ0n) is 6.49. The predicted octanol–water partition coefficient (Wildman–Crippen LogP) is 1.28. The molecule has 0 bridgehead atoms. The summed E-state index contributed by atoms with van der Waals surface area (Å²) in [7, 11) is 2.16. The summed E-state index contributed by atoms with van der Waals surface area (Å²) in [6.07, 6.45) is 0.674. The molecule has 1 aromatic carbocycles. The van der Waals surface area contributed by atoms with Crippen LogP contribution >= 0.6 is 0 Å². The van der Waals surface area contributed by atoms with Gasteiger partial charge in [0.1, 0.15) is 6.17 Å². The van der Waals surface area contributed by atoms with Crippen molar-refractivity contribution in [3.63, 3.8) is 0 Å². The molecule has 1 fully saturated rings. The van der Waals surface area contributed by atoms with Crippen molar-refractivity contribution in [1.82, 2.24) is 0 Å². The molecule has 2 aliphatic rings. The number of likely N-dealkylation sites (N-methyl/N-ethyl adjacent to an activating group) is 1. The number of benzene rings is 1. The first-order valence-electron chi connectivity index (χ1n) is 3.96. The molecular weight excluding hydrogens is 136 g/mol. The Balaban J connectivity index is 2.22. The molecule has 1 aromatic rings. The molecule has 0 aliphatic carbocycles. The lowest BCUT2D eigenvalue weighted by atomic mass is 10.2. The van der Waals surface area contributed by atoms with E-state index >= 15 is 0 Å². The first-order valence-corrected chi connectivity index (χ1v) is 3.96. The van der Waals surface area contributed by atoms with Crippen molar-refractivity contribution in [2.45, 2.75) is 6.17 Å². The summed E-state index contributed by atoms with van der Waals surface area (Å²) in [5.41, 5.74) is 2.78. The first kappa shape index (κ1) is 5.47. The maximum atomic E-state index is 2.41. The molecule has 2 nitrogen and oxygen atoms in total. The second kappa shape index (κ2) is 1.52. The smallest absolute Gasteiger partial charge is 0.120 e. The number of para-hydroxylation sites is 2. The summed E-state index contributed by atoms with van der Waals surface area (Å²) in [5.74, 6) is 0. The third kappa shape index (κ3) is 0.530. The fourth-order valence-corrected chi connectivity index (χ4v) is 1.89. The lowest BCUT2D eigenvalue weighted by Crippen LogP contribution is -2.18. The fourth-order valence-electron chi connectivity index (χ4n) is 1.89. The quantitative estimate of drug-likeness (QED) is 0.509. The number of rotatable bonds is 0. The van der Waals surface area contributed by atoms with Gasteiger partial charge in [-0.25, -0.2) is 0 Å². The SMILES string of the molecule is CN1c2ccccc2N2C[C@H]12. The Morgan fingerprint density at radius 3 is 2.73 bits per heavy atom. The van der Waals surface area contributed by atoms with Crippen LogP contribution in [0.15, 0.2) is 24.3 Å². The molecule has 2 heterocycles. The molecule has 2 aliphatic heterocycles. The van der Waals surface area contributed by atoms with Crippen LogP contribution < -0.4 is 9.80 Å². The number of nitrogens with zero attached hydrogens (tertiary/aromatic N) is 2. The molecule has 0 saturated carbocycles. The largest absolute Gasteiger partial charge is 0.351 e. The number of hydrogen-bond acceptors (Lipinski definition) is 2. The van der Waals surface area contributed by atoms with E-state index in [1.807, 2.05) is 0 Å². The molecule has 1 saturated heterocycles. The fraction of sp³-hybridized carbons (Fsp3) is 0.333. The molecule has 2 heteroatoms. The van der Waals surface area contributed by atoms with Crippen LogP contribution in [-0.2, 0) is 0 Å². The van der Waals surface area contributed by atoms with Gasteiger partial charge in [-0.05, 0) is 12.1 Å². The van der Waals surface area contributed by atoms with Gasteiger partial charge in [-0.2, -0.15) is 0 Å². The van der Waals surface area contributed by atoms with Gasteiger partial charge in [0.15, 0.2) is 0 Å². The highest BCUT2D eigenvalue weighted by molar-refractivity contribution is 5.81. The van der Waals surface area contributed by atoms with Crippen molar-refractivity contribution in [3.05, 3.63) is 24.3 Å². The molecule has 0 radical (unpaired) electrons. The van der Waals surface area contributed by atoms with Crippen molar-refractivity contribution in [3.8, 4) is 0 Å². The summed E-state index contributed by atoms with van der Waals surface area (Å²) in [6, 6.07) is 8.58. The minimum absolute atomic E-state index is 0.674. The minimum atomic E-state index is 0.674. The van der Waals surface area contributed by atoms with E-state index in [0.717, 1.165) is 0 Å². The third-order valence-corrected chi connectivity index (χ3v) is 2.60. The van der Waals surface area contributed by atoms with Crippen LogP contribution in [0.2, 0.25) is 0 Å². The zero-order valence-corrected chi connectivity index (χ0v) is 6.49. The summed E-state index contributed by atoms with van der Waals surface area (Å²) >= 11 is 0. The molecule has 11 heavy (non-hydrogen) atoms. The average molecular weight is 146 g/mol. The predicted molar refractivity (Wildman–Crippen MR) is 46.0 cm³/mol. The van der Waals surface area contributed by atoms with Gasteiger partial charge < -0.3 is 9.80 Å². The van der Waals surface area contributed by atoms with Crippen molar-refractivity contribution in [2.75, 3.05) is 23.4 Å². The van der Waals surface area contributed by atoms with Crippen LogP contribution in [0, 0.1) is 0 Å². The van der Waals surface area contributed by atoms with Crippen LogP contribution in [0.5, 0.6) is 0 Å². The van der Waals surface area contributed by atoms with Gasteiger partial charge in [-0.1, -0.05) is 12.1 Å². The van der Waals surface area contributed by atoms with Gasteiger partial charge in [0.2, 0.25) is 0 Å². The van der Waals surface area contributed by atoms with Crippen LogP contribution in [-0.4, -0.2) is 19.8 Å².